The Labute approximate surface area is 115 Å². The second kappa shape index (κ2) is 6.71. The van der Waals surface area contributed by atoms with Crippen LogP contribution in [-0.2, 0) is 11.3 Å². The highest BCUT2D eigenvalue weighted by Crippen LogP contribution is 2.36. The average Bonchev–Trinajstić information content (AvgIpc) is 2.85. The van der Waals surface area contributed by atoms with Gasteiger partial charge in [0.25, 0.3) is 0 Å². The summed E-state index contributed by atoms with van der Waals surface area (Å²) in [5, 5.41) is 6.23. The average molecular weight is 260 g/mol. The molecule has 19 heavy (non-hydrogen) atoms. The van der Waals surface area contributed by atoms with Gasteiger partial charge < -0.3 is 10.6 Å². The molecular weight excluding hydrogens is 236 g/mol. The molecule has 0 bridgehead atoms. The Bertz CT molecular complexity index is 396. The van der Waals surface area contributed by atoms with Gasteiger partial charge in [-0.25, -0.2) is 0 Å². The zero-order chi connectivity index (χ0) is 13.6. The molecule has 0 atom stereocenters. The molecule has 0 unspecified atom stereocenters. The van der Waals surface area contributed by atoms with E-state index in [1.807, 2.05) is 30.3 Å². The zero-order valence-electron chi connectivity index (χ0n) is 11.7. The third-order valence-electron chi connectivity index (χ3n) is 3.98. The first-order valence-electron chi connectivity index (χ1n) is 7.19. The van der Waals surface area contributed by atoms with E-state index in [2.05, 4.69) is 17.6 Å². The van der Waals surface area contributed by atoms with Gasteiger partial charge in [0.05, 0.1) is 6.54 Å². The fraction of sp³-hybridized carbons (Fsp3) is 0.562. The van der Waals surface area contributed by atoms with Crippen LogP contribution in [0, 0.1) is 5.41 Å². The summed E-state index contributed by atoms with van der Waals surface area (Å²) in [4.78, 5) is 11.7. The Morgan fingerprint density at radius 3 is 2.58 bits per heavy atom. The van der Waals surface area contributed by atoms with Gasteiger partial charge in [0.1, 0.15) is 0 Å². The number of carbonyl (C=O) groups excluding carboxylic acids is 1. The molecule has 2 rings (SSSR count). The zero-order valence-corrected chi connectivity index (χ0v) is 11.7. The number of hydrogen-bond donors (Lipinski definition) is 2. The van der Waals surface area contributed by atoms with E-state index < -0.39 is 0 Å². The minimum absolute atomic E-state index is 0.0745. The molecule has 1 aliphatic carbocycles. The van der Waals surface area contributed by atoms with Crippen molar-refractivity contribution in [2.45, 2.75) is 39.2 Å². The maximum atomic E-state index is 11.7. The molecule has 1 aromatic carbocycles. The molecule has 0 heterocycles. The molecule has 2 N–H and O–H groups in total. The lowest BCUT2D eigenvalue weighted by Crippen LogP contribution is -2.38. The second-order valence-electron chi connectivity index (χ2n) is 5.88. The molecule has 0 saturated heterocycles. The topological polar surface area (TPSA) is 41.1 Å². The van der Waals surface area contributed by atoms with Crippen molar-refractivity contribution in [2.24, 2.45) is 5.41 Å². The van der Waals surface area contributed by atoms with E-state index in [0.717, 1.165) is 12.1 Å². The molecular formula is C16H24N2O. The smallest absolute Gasteiger partial charge is 0.234 e. The third kappa shape index (κ3) is 4.67. The summed E-state index contributed by atoms with van der Waals surface area (Å²) in [5.41, 5.74) is 1.54. The Morgan fingerprint density at radius 2 is 1.89 bits per heavy atom. The van der Waals surface area contributed by atoms with Crippen LogP contribution in [0.15, 0.2) is 30.3 Å². The maximum absolute atomic E-state index is 11.7. The van der Waals surface area contributed by atoms with Gasteiger partial charge in [-0.05, 0) is 23.8 Å². The lowest BCUT2D eigenvalue weighted by molar-refractivity contribution is -0.120. The first kappa shape index (κ1) is 14.1. The minimum Gasteiger partial charge on any atom is -0.351 e. The lowest BCUT2D eigenvalue weighted by Gasteiger charge is -2.23. The Kier molecular flexibility index (Phi) is 4.97. The Hall–Kier alpha value is -1.35. The number of amides is 1. The summed E-state index contributed by atoms with van der Waals surface area (Å²) in [5.74, 6) is 0.0745. The van der Waals surface area contributed by atoms with E-state index in [0.29, 0.717) is 18.5 Å². The summed E-state index contributed by atoms with van der Waals surface area (Å²) in [7, 11) is 0. The van der Waals surface area contributed by atoms with Gasteiger partial charge in [-0.1, -0.05) is 50.1 Å². The molecule has 1 fully saturated rings. The molecule has 0 radical (unpaired) electrons. The quantitative estimate of drug-likeness (QED) is 0.825. The van der Waals surface area contributed by atoms with Crippen LogP contribution in [-0.4, -0.2) is 19.0 Å². The van der Waals surface area contributed by atoms with Gasteiger partial charge in [-0.2, -0.15) is 0 Å². The molecule has 1 amide bonds. The third-order valence-corrected chi connectivity index (χ3v) is 3.98. The molecule has 1 aliphatic rings. The van der Waals surface area contributed by atoms with Gasteiger partial charge in [-0.15, -0.1) is 0 Å². The summed E-state index contributed by atoms with van der Waals surface area (Å²) >= 11 is 0. The maximum Gasteiger partial charge on any atom is 0.234 e. The minimum atomic E-state index is 0.0745. The molecule has 1 aromatic rings. The van der Waals surface area contributed by atoms with Crippen molar-refractivity contribution in [1.82, 2.24) is 10.6 Å². The van der Waals surface area contributed by atoms with Crippen molar-refractivity contribution < 1.29 is 4.79 Å². The normalized spacial score (nSPS) is 17.3. The highest BCUT2D eigenvalue weighted by Gasteiger charge is 2.27. The van der Waals surface area contributed by atoms with E-state index >= 15 is 0 Å². The second-order valence-corrected chi connectivity index (χ2v) is 5.88. The van der Waals surface area contributed by atoms with Crippen molar-refractivity contribution in [1.29, 1.82) is 0 Å². The predicted octanol–water partition coefficient (Wildman–Crippen LogP) is 2.47. The summed E-state index contributed by atoms with van der Waals surface area (Å²) in [6.45, 7) is 4.29. The lowest BCUT2D eigenvalue weighted by atomic mass is 9.89. The molecule has 104 valence electrons. The summed E-state index contributed by atoms with van der Waals surface area (Å²) in [6, 6.07) is 10.00. The Balaban J connectivity index is 1.62. The highest BCUT2D eigenvalue weighted by atomic mass is 16.1. The van der Waals surface area contributed by atoms with Crippen molar-refractivity contribution in [3.63, 3.8) is 0 Å². The van der Waals surface area contributed by atoms with Gasteiger partial charge in [0.15, 0.2) is 0 Å². The fourth-order valence-electron chi connectivity index (χ4n) is 2.74. The molecule has 0 spiro atoms. The van der Waals surface area contributed by atoms with Crippen LogP contribution in [0.25, 0.3) is 0 Å². The summed E-state index contributed by atoms with van der Waals surface area (Å²) < 4.78 is 0. The SMILES string of the molecule is CC1(CNCC(=O)NCc2ccccc2)CCCC1. The standard InChI is InChI=1S/C16H24N2O/c1-16(9-5-6-10-16)13-17-12-15(19)18-11-14-7-3-2-4-8-14/h2-4,7-8,17H,5-6,9-13H2,1H3,(H,18,19). The number of carbonyl (C=O) groups is 1. The highest BCUT2D eigenvalue weighted by molar-refractivity contribution is 5.77. The van der Waals surface area contributed by atoms with Crippen LogP contribution < -0.4 is 10.6 Å². The number of benzene rings is 1. The molecule has 3 heteroatoms. The van der Waals surface area contributed by atoms with Gasteiger partial charge in [0, 0.05) is 13.1 Å². The van der Waals surface area contributed by atoms with Gasteiger partial charge >= 0.3 is 0 Å². The van der Waals surface area contributed by atoms with Crippen molar-refractivity contribution in [2.75, 3.05) is 13.1 Å². The van der Waals surface area contributed by atoms with Gasteiger partial charge in [0.2, 0.25) is 5.91 Å². The van der Waals surface area contributed by atoms with Crippen LogP contribution in [0.1, 0.15) is 38.2 Å². The molecule has 0 aromatic heterocycles. The summed E-state index contributed by atoms with van der Waals surface area (Å²) in [6.07, 6.45) is 5.23. The monoisotopic (exact) mass is 260 g/mol. The fourth-order valence-corrected chi connectivity index (χ4v) is 2.74. The number of hydrogen-bond acceptors (Lipinski definition) is 2. The van der Waals surface area contributed by atoms with E-state index in [9.17, 15) is 4.79 Å². The van der Waals surface area contributed by atoms with Crippen LogP contribution in [0.2, 0.25) is 0 Å². The van der Waals surface area contributed by atoms with Crippen molar-refractivity contribution in [3.05, 3.63) is 35.9 Å². The van der Waals surface area contributed by atoms with Crippen LogP contribution >= 0.6 is 0 Å². The first-order valence-corrected chi connectivity index (χ1v) is 7.19. The van der Waals surface area contributed by atoms with Crippen LogP contribution in [0.4, 0.5) is 0 Å². The van der Waals surface area contributed by atoms with Crippen LogP contribution in [0.3, 0.4) is 0 Å². The largest absolute Gasteiger partial charge is 0.351 e. The Morgan fingerprint density at radius 1 is 1.21 bits per heavy atom. The van der Waals surface area contributed by atoms with E-state index in [-0.39, 0.29) is 5.91 Å². The van der Waals surface area contributed by atoms with Crippen molar-refractivity contribution >= 4 is 5.91 Å². The van der Waals surface area contributed by atoms with Crippen molar-refractivity contribution in [3.8, 4) is 0 Å². The van der Waals surface area contributed by atoms with Crippen LogP contribution in [0.5, 0.6) is 0 Å². The molecule has 3 nitrogen and oxygen atoms in total. The van der Waals surface area contributed by atoms with E-state index in [1.165, 1.54) is 25.7 Å². The number of nitrogens with one attached hydrogen (secondary N) is 2. The predicted molar refractivity (Wildman–Crippen MR) is 77.7 cm³/mol. The number of rotatable bonds is 6. The molecule has 1 saturated carbocycles. The van der Waals surface area contributed by atoms with E-state index in [4.69, 9.17) is 0 Å². The molecule has 0 aliphatic heterocycles. The van der Waals surface area contributed by atoms with Gasteiger partial charge in [-0.3, -0.25) is 4.79 Å². The van der Waals surface area contributed by atoms with E-state index in [1.54, 1.807) is 0 Å². The first-order chi connectivity index (χ1) is 9.18.